The van der Waals surface area contributed by atoms with Crippen LogP contribution in [0.4, 0.5) is 13.2 Å². The lowest BCUT2D eigenvalue weighted by Gasteiger charge is -2.20. The van der Waals surface area contributed by atoms with Crippen molar-refractivity contribution in [2.24, 2.45) is 0 Å². The van der Waals surface area contributed by atoms with E-state index in [1.807, 2.05) is 24.3 Å². The number of aliphatic hydroxyl groups excluding tert-OH is 1. The van der Waals surface area contributed by atoms with Crippen LogP contribution in [0.2, 0.25) is 0 Å². The van der Waals surface area contributed by atoms with E-state index in [1.165, 1.54) is 12.1 Å². The van der Waals surface area contributed by atoms with Gasteiger partial charge in [-0.2, -0.15) is 13.2 Å². The molecule has 1 amide bonds. The molecule has 0 bridgehead atoms. The summed E-state index contributed by atoms with van der Waals surface area (Å²) in [4.78, 5) is 12.3. The average molecular weight is 495 g/mol. The molecule has 2 aliphatic heterocycles. The van der Waals surface area contributed by atoms with Crippen LogP contribution in [-0.4, -0.2) is 55.2 Å². The standard InChI is InChI=1S/C25H29F3N2O5/c1-33-17-8-6-15(7-9-17)12-30-22(31)11-18-10-20-24(34-18)23(32)21(35-20)14-29-13-16-4-2-3-5-19(16)25(26,27)28/h2-9,18,20-21,23-24,29,32H,10-14H2,1H3,(H,30,31). The maximum Gasteiger partial charge on any atom is 0.416 e. The first-order chi connectivity index (χ1) is 16.7. The quantitative estimate of drug-likeness (QED) is 0.497. The van der Waals surface area contributed by atoms with Crippen molar-refractivity contribution in [3.63, 3.8) is 0 Å². The number of halogens is 3. The van der Waals surface area contributed by atoms with E-state index in [4.69, 9.17) is 14.2 Å². The zero-order chi connectivity index (χ0) is 25.0. The number of benzene rings is 2. The van der Waals surface area contributed by atoms with E-state index < -0.39 is 30.1 Å². The first kappa shape index (κ1) is 25.4. The lowest BCUT2D eigenvalue weighted by atomic mass is 10.1. The van der Waals surface area contributed by atoms with Crippen LogP contribution in [0, 0.1) is 0 Å². The number of carbonyl (C=O) groups is 1. The topological polar surface area (TPSA) is 89.1 Å². The molecule has 0 aromatic heterocycles. The van der Waals surface area contributed by atoms with Gasteiger partial charge in [-0.25, -0.2) is 0 Å². The molecule has 5 atom stereocenters. The molecule has 2 fully saturated rings. The van der Waals surface area contributed by atoms with Crippen molar-refractivity contribution in [2.45, 2.75) is 62.6 Å². The molecule has 35 heavy (non-hydrogen) atoms. The van der Waals surface area contributed by atoms with Gasteiger partial charge in [0.2, 0.25) is 5.91 Å². The van der Waals surface area contributed by atoms with Crippen LogP contribution in [0.5, 0.6) is 5.75 Å². The highest BCUT2D eigenvalue weighted by Gasteiger charge is 2.50. The molecule has 2 heterocycles. The number of alkyl halides is 3. The minimum Gasteiger partial charge on any atom is -0.497 e. The Kier molecular flexibility index (Phi) is 7.95. The molecule has 7 nitrogen and oxygen atoms in total. The summed E-state index contributed by atoms with van der Waals surface area (Å²) in [6.07, 6.45) is -6.65. The second kappa shape index (κ2) is 10.9. The molecule has 4 rings (SSSR count). The van der Waals surface area contributed by atoms with E-state index >= 15 is 0 Å². The summed E-state index contributed by atoms with van der Waals surface area (Å²) >= 11 is 0. The number of rotatable bonds is 9. The Labute approximate surface area is 201 Å². The molecule has 2 saturated heterocycles. The smallest absolute Gasteiger partial charge is 0.416 e. The molecule has 0 spiro atoms. The highest BCUT2D eigenvalue weighted by molar-refractivity contribution is 5.76. The normalized spacial score (nSPS) is 25.9. The molecule has 0 aliphatic carbocycles. The predicted molar refractivity (Wildman–Crippen MR) is 121 cm³/mol. The van der Waals surface area contributed by atoms with Gasteiger partial charge in [-0.05, 0) is 29.3 Å². The Morgan fingerprint density at radius 3 is 2.54 bits per heavy atom. The van der Waals surface area contributed by atoms with Gasteiger partial charge < -0.3 is 30.0 Å². The second-order valence-electron chi connectivity index (χ2n) is 8.78. The van der Waals surface area contributed by atoms with Crippen molar-refractivity contribution >= 4 is 5.91 Å². The monoisotopic (exact) mass is 494 g/mol. The van der Waals surface area contributed by atoms with Crippen molar-refractivity contribution in [2.75, 3.05) is 13.7 Å². The third-order valence-electron chi connectivity index (χ3n) is 6.32. The Balaban J connectivity index is 1.20. The minimum absolute atomic E-state index is 0.00452. The number of aliphatic hydroxyl groups is 1. The fourth-order valence-corrected chi connectivity index (χ4v) is 4.53. The Morgan fingerprint density at radius 2 is 1.86 bits per heavy atom. The van der Waals surface area contributed by atoms with Crippen molar-refractivity contribution in [3.05, 3.63) is 65.2 Å². The number of nitrogens with one attached hydrogen (secondary N) is 2. The summed E-state index contributed by atoms with van der Waals surface area (Å²) in [6.45, 7) is 0.554. The number of carbonyl (C=O) groups excluding carboxylic acids is 1. The van der Waals surface area contributed by atoms with Crippen molar-refractivity contribution < 1.29 is 37.3 Å². The van der Waals surface area contributed by atoms with Crippen molar-refractivity contribution in [1.82, 2.24) is 10.6 Å². The molecule has 0 radical (unpaired) electrons. The predicted octanol–water partition coefficient (Wildman–Crippen LogP) is 2.80. The zero-order valence-corrected chi connectivity index (χ0v) is 19.3. The van der Waals surface area contributed by atoms with E-state index in [2.05, 4.69) is 10.6 Å². The van der Waals surface area contributed by atoms with E-state index in [1.54, 1.807) is 13.2 Å². The molecule has 2 aromatic carbocycles. The zero-order valence-electron chi connectivity index (χ0n) is 19.3. The molecular weight excluding hydrogens is 465 g/mol. The first-order valence-electron chi connectivity index (χ1n) is 11.5. The summed E-state index contributed by atoms with van der Waals surface area (Å²) < 4.78 is 56.3. The Bertz CT molecular complexity index is 1000. The molecule has 190 valence electrons. The highest BCUT2D eigenvalue weighted by Crippen LogP contribution is 2.36. The summed E-state index contributed by atoms with van der Waals surface area (Å²) in [5.41, 5.74) is 0.383. The fourth-order valence-electron chi connectivity index (χ4n) is 4.53. The SMILES string of the molecule is COc1ccc(CNC(=O)CC2CC3OC(CNCc4ccccc4C(F)(F)F)C(O)C3O2)cc1. The first-order valence-corrected chi connectivity index (χ1v) is 11.5. The molecule has 3 N–H and O–H groups in total. The third kappa shape index (κ3) is 6.32. The van der Waals surface area contributed by atoms with Gasteiger partial charge in [0.25, 0.3) is 0 Å². The Hall–Kier alpha value is -2.66. The van der Waals surface area contributed by atoms with E-state index in [0.717, 1.165) is 17.4 Å². The lowest BCUT2D eigenvalue weighted by molar-refractivity contribution is -0.138. The highest BCUT2D eigenvalue weighted by atomic mass is 19.4. The van der Waals surface area contributed by atoms with E-state index in [9.17, 15) is 23.1 Å². The summed E-state index contributed by atoms with van der Waals surface area (Å²) in [5, 5.41) is 16.4. The van der Waals surface area contributed by atoms with Gasteiger partial charge in [0.1, 0.15) is 18.0 Å². The van der Waals surface area contributed by atoms with Gasteiger partial charge in [0, 0.05) is 26.1 Å². The molecule has 0 saturated carbocycles. The van der Waals surface area contributed by atoms with Crippen molar-refractivity contribution in [1.29, 1.82) is 0 Å². The largest absolute Gasteiger partial charge is 0.497 e. The van der Waals surface area contributed by atoms with Crippen LogP contribution in [0.3, 0.4) is 0 Å². The summed E-state index contributed by atoms with van der Waals surface area (Å²) in [6, 6.07) is 12.8. The van der Waals surface area contributed by atoms with Gasteiger partial charge in [-0.3, -0.25) is 4.79 Å². The lowest BCUT2D eigenvalue weighted by Crippen LogP contribution is -2.39. The number of methoxy groups -OCH3 is 1. The molecular formula is C25H29F3N2O5. The van der Waals surface area contributed by atoms with Crippen LogP contribution in [0.15, 0.2) is 48.5 Å². The average Bonchev–Trinajstić information content (AvgIpc) is 3.35. The van der Waals surface area contributed by atoms with Gasteiger partial charge in [0.05, 0.1) is 37.4 Å². The summed E-state index contributed by atoms with van der Waals surface area (Å²) in [7, 11) is 1.59. The van der Waals surface area contributed by atoms with Gasteiger partial charge in [-0.15, -0.1) is 0 Å². The van der Waals surface area contributed by atoms with Crippen LogP contribution in [-0.2, 0) is 33.5 Å². The molecule has 2 aromatic rings. The minimum atomic E-state index is -4.43. The van der Waals surface area contributed by atoms with Gasteiger partial charge in [0.15, 0.2) is 0 Å². The van der Waals surface area contributed by atoms with Crippen LogP contribution < -0.4 is 15.4 Å². The molecule has 5 unspecified atom stereocenters. The molecule has 10 heteroatoms. The maximum absolute atomic E-state index is 13.1. The van der Waals surface area contributed by atoms with Crippen LogP contribution in [0.25, 0.3) is 0 Å². The van der Waals surface area contributed by atoms with Gasteiger partial charge in [-0.1, -0.05) is 30.3 Å². The third-order valence-corrected chi connectivity index (χ3v) is 6.32. The Morgan fingerprint density at radius 1 is 1.11 bits per heavy atom. The number of ether oxygens (including phenoxy) is 3. The van der Waals surface area contributed by atoms with Crippen molar-refractivity contribution in [3.8, 4) is 5.75 Å². The second-order valence-corrected chi connectivity index (χ2v) is 8.78. The number of amides is 1. The van der Waals surface area contributed by atoms with Gasteiger partial charge >= 0.3 is 6.18 Å². The fraction of sp³-hybridized carbons (Fsp3) is 0.480. The number of hydrogen-bond acceptors (Lipinski definition) is 6. The van der Waals surface area contributed by atoms with E-state index in [-0.39, 0.29) is 43.2 Å². The maximum atomic E-state index is 13.1. The van der Waals surface area contributed by atoms with Crippen LogP contribution in [0.1, 0.15) is 29.5 Å². The molecule has 2 aliphatic rings. The number of fused-ring (bicyclic) bond motifs is 1. The van der Waals surface area contributed by atoms with E-state index in [0.29, 0.717) is 13.0 Å². The summed E-state index contributed by atoms with van der Waals surface area (Å²) in [5.74, 6) is 0.575. The van der Waals surface area contributed by atoms with Crippen LogP contribution >= 0.6 is 0 Å². The number of hydrogen-bond donors (Lipinski definition) is 3.